The van der Waals surface area contributed by atoms with E-state index in [-0.39, 0.29) is 30.5 Å². The van der Waals surface area contributed by atoms with Crippen LogP contribution in [-0.2, 0) is 11.2 Å². The van der Waals surface area contributed by atoms with Crippen molar-refractivity contribution in [3.63, 3.8) is 0 Å². The van der Waals surface area contributed by atoms with Crippen molar-refractivity contribution < 1.29 is 23.2 Å². The normalized spacial score (nSPS) is 20.8. The van der Waals surface area contributed by atoms with Crippen molar-refractivity contribution >= 4 is 17.8 Å². The minimum Gasteiger partial charge on any atom is -0.339 e. The minimum atomic E-state index is -1.15. The maximum atomic E-state index is 14.2. The summed E-state index contributed by atoms with van der Waals surface area (Å²) in [6, 6.07) is 13.0. The molecule has 2 saturated heterocycles. The number of likely N-dealkylation sites (N-methyl/N-ethyl adjacent to an activating group) is 1. The number of carbonyl (C=O) groups is 3. The average molecular weight is 499 g/mol. The van der Waals surface area contributed by atoms with Gasteiger partial charge in [0.15, 0.2) is 11.6 Å². The minimum absolute atomic E-state index is 0.191. The highest BCUT2D eigenvalue weighted by Crippen LogP contribution is 2.37. The van der Waals surface area contributed by atoms with Crippen LogP contribution in [0.15, 0.2) is 48.5 Å². The van der Waals surface area contributed by atoms with Crippen LogP contribution < -0.4 is 5.32 Å². The Morgan fingerprint density at radius 3 is 2.42 bits per heavy atom. The van der Waals surface area contributed by atoms with Crippen LogP contribution in [-0.4, -0.2) is 78.4 Å². The van der Waals surface area contributed by atoms with Crippen molar-refractivity contribution in [2.24, 2.45) is 5.92 Å². The third-order valence-electron chi connectivity index (χ3n) is 7.28. The van der Waals surface area contributed by atoms with E-state index in [9.17, 15) is 23.2 Å². The monoisotopic (exact) mass is 498 g/mol. The summed E-state index contributed by atoms with van der Waals surface area (Å²) >= 11 is 0. The first kappa shape index (κ1) is 25.8. The predicted molar refractivity (Wildman–Crippen MR) is 131 cm³/mol. The van der Waals surface area contributed by atoms with Crippen molar-refractivity contribution in [3.05, 3.63) is 71.3 Å². The molecular weight excluding hydrogens is 466 g/mol. The maximum Gasteiger partial charge on any atom is 0.325 e. The van der Waals surface area contributed by atoms with E-state index in [4.69, 9.17) is 0 Å². The van der Waals surface area contributed by atoms with E-state index < -0.39 is 29.1 Å². The van der Waals surface area contributed by atoms with Gasteiger partial charge in [0, 0.05) is 26.2 Å². The lowest BCUT2D eigenvalue weighted by Crippen LogP contribution is -2.57. The summed E-state index contributed by atoms with van der Waals surface area (Å²) in [5.74, 6) is -3.21. The lowest BCUT2D eigenvalue weighted by Gasteiger charge is -2.41. The number of nitrogens with zero attached hydrogens (tertiary/aromatic N) is 3. The van der Waals surface area contributed by atoms with E-state index >= 15 is 0 Å². The summed E-state index contributed by atoms with van der Waals surface area (Å²) in [6.45, 7) is 1.42. The van der Waals surface area contributed by atoms with Crippen LogP contribution >= 0.6 is 0 Å². The quantitative estimate of drug-likeness (QED) is 0.567. The Morgan fingerprint density at radius 1 is 1.06 bits per heavy atom. The number of likely N-dealkylation sites (tertiary alicyclic amines) is 1. The van der Waals surface area contributed by atoms with Gasteiger partial charge in [0.1, 0.15) is 5.54 Å². The molecule has 2 aromatic rings. The lowest BCUT2D eigenvalue weighted by molar-refractivity contribution is -0.134. The number of urea groups is 1. The molecule has 0 spiro atoms. The predicted octanol–water partition coefficient (Wildman–Crippen LogP) is 3.30. The zero-order valence-electron chi connectivity index (χ0n) is 20.7. The molecule has 36 heavy (non-hydrogen) atoms. The van der Waals surface area contributed by atoms with Crippen molar-refractivity contribution in [1.29, 1.82) is 0 Å². The van der Waals surface area contributed by atoms with Crippen molar-refractivity contribution in [1.82, 2.24) is 20.0 Å². The van der Waals surface area contributed by atoms with Crippen LogP contribution in [0, 0.1) is 17.6 Å². The number of nitrogens with one attached hydrogen (secondary N) is 1. The van der Waals surface area contributed by atoms with Crippen molar-refractivity contribution in [2.45, 2.75) is 31.2 Å². The molecule has 9 heteroatoms. The number of benzene rings is 2. The van der Waals surface area contributed by atoms with Gasteiger partial charge >= 0.3 is 6.03 Å². The molecule has 2 fully saturated rings. The van der Waals surface area contributed by atoms with Gasteiger partial charge < -0.3 is 15.1 Å². The first-order valence-corrected chi connectivity index (χ1v) is 12.3. The fourth-order valence-electron chi connectivity index (χ4n) is 5.20. The molecule has 2 aliphatic rings. The largest absolute Gasteiger partial charge is 0.339 e. The molecule has 2 aliphatic heterocycles. The number of hydrogen-bond donors (Lipinski definition) is 1. The second-order valence-electron chi connectivity index (χ2n) is 9.82. The number of imide groups is 1. The van der Waals surface area contributed by atoms with Crippen LogP contribution in [0.25, 0.3) is 0 Å². The van der Waals surface area contributed by atoms with E-state index in [1.54, 1.807) is 0 Å². The molecule has 4 rings (SSSR count). The van der Waals surface area contributed by atoms with Gasteiger partial charge in [0.05, 0.1) is 5.56 Å². The van der Waals surface area contributed by atoms with E-state index in [0.29, 0.717) is 38.8 Å². The summed E-state index contributed by atoms with van der Waals surface area (Å²) in [5, 5.41) is 3.03. The number of rotatable bonds is 8. The second-order valence-corrected chi connectivity index (χ2v) is 9.82. The van der Waals surface area contributed by atoms with Gasteiger partial charge in [0.25, 0.3) is 11.8 Å². The van der Waals surface area contributed by atoms with E-state index in [0.717, 1.165) is 11.6 Å². The third kappa shape index (κ3) is 5.11. The highest BCUT2D eigenvalue weighted by atomic mass is 19.2. The number of hydrogen-bond acceptors (Lipinski definition) is 4. The van der Waals surface area contributed by atoms with Gasteiger partial charge in [0.2, 0.25) is 0 Å². The second kappa shape index (κ2) is 10.7. The molecule has 0 radical (unpaired) electrons. The number of amides is 4. The fourth-order valence-corrected chi connectivity index (χ4v) is 5.20. The molecule has 2 heterocycles. The first-order valence-electron chi connectivity index (χ1n) is 12.3. The molecule has 0 aromatic heterocycles. The molecule has 0 bridgehead atoms. The summed E-state index contributed by atoms with van der Waals surface area (Å²) in [6.07, 6.45) is 1.98. The third-order valence-corrected chi connectivity index (χ3v) is 7.28. The van der Waals surface area contributed by atoms with Crippen LogP contribution in [0.5, 0.6) is 0 Å². The topological polar surface area (TPSA) is 73.0 Å². The summed E-state index contributed by atoms with van der Waals surface area (Å²) in [7, 11) is 3.77. The zero-order chi connectivity index (χ0) is 25.9. The number of aryl methyl sites for hydroxylation is 1. The van der Waals surface area contributed by atoms with Crippen molar-refractivity contribution in [2.75, 3.05) is 40.3 Å². The lowest BCUT2D eigenvalue weighted by atomic mass is 9.74. The van der Waals surface area contributed by atoms with E-state index in [1.807, 2.05) is 49.3 Å². The standard InChI is InChI=1S/C27H32F2N4O3/c1-31(2)17-18-33-25(35)27(30-26(33)36,14-11-19-7-4-3-5-8-19)20-12-15-32(16-13-20)24(34)21-9-6-10-22(28)23(21)29/h3-10,20H,11-18H2,1-2H3,(H,30,36). The van der Waals surface area contributed by atoms with Gasteiger partial charge in [-0.2, -0.15) is 0 Å². The molecule has 2 aromatic carbocycles. The van der Waals surface area contributed by atoms with Gasteiger partial charge in [-0.15, -0.1) is 0 Å². The van der Waals surface area contributed by atoms with Gasteiger partial charge in [-0.1, -0.05) is 36.4 Å². The zero-order valence-corrected chi connectivity index (χ0v) is 20.7. The summed E-state index contributed by atoms with van der Waals surface area (Å²) in [4.78, 5) is 44.3. The Kier molecular flexibility index (Phi) is 7.68. The maximum absolute atomic E-state index is 14.2. The highest BCUT2D eigenvalue weighted by Gasteiger charge is 2.55. The van der Waals surface area contributed by atoms with Crippen LogP contribution in [0.3, 0.4) is 0 Å². The molecule has 192 valence electrons. The Hall–Kier alpha value is -3.33. The van der Waals surface area contributed by atoms with Crippen LogP contribution in [0.4, 0.5) is 13.6 Å². The molecule has 4 amide bonds. The van der Waals surface area contributed by atoms with Crippen LogP contribution in [0.1, 0.15) is 35.2 Å². The van der Waals surface area contributed by atoms with E-state index in [2.05, 4.69) is 5.32 Å². The average Bonchev–Trinajstić information content (AvgIpc) is 3.13. The van der Waals surface area contributed by atoms with Gasteiger partial charge in [-0.05, 0) is 63.4 Å². The molecule has 0 saturated carbocycles. The summed E-state index contributed by atoms with van der Waals surface area (Å²) in [5.41, 5.74) is -0.300. The highest BCUT2D eigenvalue weighted by molar-refractivity contribution is 6.07. The Bertz CT molecular complexity index is 1120. The Balaban J connectivity index is 1.52. The SMILES string of the molecule is CN(C)CCN1C(=O)NC(CCc2ccccc2)(C2CCN(C(=O)c3cccc(F)c3F)CC2)C1=O. The first-order chi connectivity index (χ1) is 17.2. The molecule has 1 N–H and O–H groups in total. The number of piperidine rings is 1. The number of halogens is 2. The molecule has 0 aliphatic carbocycles. The van der Waals surface area contributed by atoms with Crippen molar-refractivity contribution in [3.8, 4) is 0 Å². The van der Waals surface area contributed by atoms with E-state index in [1.165, 1.54) is 21.9 Å². The molecular formula is C27H32F2N4O3. The molecule has 1 unspecified atom stereocenters. The van der Waals surface area contributed by atoms with Crippen LogP contribution in [0.2, 0.25) is 0 Å². The smallest absolute Gasteiger partial charge is 0.325 e. The Labute approximate surface area is 210 Å². The molecule has 1 atom stereocenters. The van der Waals surface area contributed by atoms with Gasteiger partial charge in [-0.25, -0.2) is 13.6 Å². The fraction of sp³-hybridized carbons (Fsp3) is 0.444. The van der Waals surface area contributed by atoms with Gasteiger partial charge in [-0.3, -0.25) is 14.5 Å². The molecule has 7 nitrogen and oxygen atoms in total. The summed E-state index contributed by atoms with van der Waals surface area (Å²) < 4.78 is 27.8. The Morgan fingerprint density at radius 2 is 1.75 bits per heavy atom. The number of carbonyl (C=O) groups excluding carboxylic acids is 3.